The summed E-state index contributed by atoms with van der Waals surface area (Å²) in [5.41, 5.74) is 3.06. The van der Waals surface area contributed by atoms with Crippen LogP contribution in [0.5, 0.6) is 0 Å². The van der Waals surface area contributed by atoms with Crippen LogP contribution in [0.1, 0.15) is 25.0 Å². The highest BCUT2D eigenvalue weighted by atomic mass is 35.5. The summed E-state index contributed by atoms with van der Waals surface area (Å²) in [6.45, 7) is 4.99. The van der Waals surface area contributed by atoms with Gasteiger partial charge in [0.05, 0.1) is 17.1 Å². The van der Waals surface area contributed by atoms with Gasteiger partial charge >= 0.3 is 0 Å². The van der Waals surface area contributed by atoms with Crippen LogP contribution in [0, 0.1) is 0 Å². The molecule has 1 atom stereocenters. The van der Waals surface area contributed by atoms with Crippen molar-refractivity contribution in [1.29, 1.82) is 0 Å². The number of rotatable bonds is 6. The van der Waals surface area contributed by atoms with E-state index in [0.717, 1.165) is 28.5 Å². The van der Waals surface area contributed by atoms with E-state index in [-0.39, 0.29) is 5.25 Å². The Labute approximate surface area is 172 Å². The van der Waals surface area contributed by atoms with Crippen LogP contribution in [-0.4, -0.2) is 19.7 Å². The van der Waals surface area contributed by atoms with E-state index in [9.17, 15) is 0 Å². The van der Waals surface area contributed by atoms with Crippen molar-refractivity contribution in [2.24, 2.45) is 0 Å². The molecule has 0 unspecified atom stereocenters. The Bertz CT molecular complexity index is 1080. The van der Waals surface area contributed by atoms with Gasteiger partial charge < -0.3 is 8.98 Å². The molecule has 142 valence electrons. The van der Waals surface area contributed by atoms with Gasteiger partial charge in [0.25, 0.3) is 0 Å². The van der Waals surface area contributed by atoms with Crippen molar-refractivity contribution in [1.82, 2.24) is 19.7 Å². The van der Waals surface area contributed by atoms with E-state index in [0.29, 0.717) is 16.8 Å². The summed E-state index contributed by atoms with van der Waals surface area (Å²) in [5, 5.41) is 9.92. The second-order valence-corrected chi connectivity index (χ2v) is 8.00. The van der Waals surface area contributed by atoms with Gasteiger partial charge in [0.15, 0.2) is 5.16 Å². The van der Waals surface area contributed by atoms with Crippen molar-refractivity contribution >= 4 is 23.4 Å². The summed E-state index contributed by atoms with van der Waals surface area (Å²) in [6, 6.07) is 17.7. The molecule has 0 aliphatic heterocycles. The van der Waals surface area contributed by atoms with Crippen LogP contribution in [-0.2, 0) is 6.54 Å². The predicted octanol–water partition coefficient (Wildman–Crippen LogP) is 6.13. The second-order valence-electron chi connectivity index (χ2n) is 6.25. The van der Waals surface area contributed by atoms with Crippen molar-refractivity contribution in [3.05, 3.63) is 71.7 Å². The molecular formula is C21H19ClN4OS. The number of imidazole rings is 1. The molecule has 0 bridgehead atoms. The molecular weight excluding hydrogens is 392 g/mol. The van der Waals surface area contributed by atoms with Crippen LogP contribution >= 0.6 is 23.4 Å². The van der Waals surface area contributed by atoms with E-state index in [1.54, 1.807) is 11.8 Å². The van der Waals surface area contributed by atoms with Crippen LogP contribution in [0.15, 0.2) is 70.4 Å². The van der Waals surface area contributed by atoms with Gasteiger partial charge in [-0.3, -0.25) is 0 Å². The van der Waals surface area contributed by atoms with E-state index in [2.05, 4.69) is 38.8 Å². The minimum Gasteiger partial charge on any atom is -0.419 e. The molecule has 5 nitrogen and oxygen atoms in total. The maximum Gasteiger partial charge on any atom is 0.247 e. The Hall–Kier alpha value is -2.57. The van der Waals surface area contributed by atoms with Crippen molar-refractivity contribution < 1.29 is 4.42 Å². The van der Waals surface area contributed by atoms with Crippen LogP contribution < -0.4 is 0 Å². The first-order valence-corrected chi connectivity index (χ1v) is 10.3. The standard InChI is InChI=1S/C21H19ClN4OS/c1-3-26-18(15-8-5-4-6-9-15)13-23-21(26)28-14(2)19-24-25-20(27-19)16-10-7-11-17(22)12-16/h4-14H,3H2,1-2H3/t14-/m0/s1. The van der Waals surface area contributed by atoms with Gasteiger partial charge in [0.1, 0.15) is 0 Å². The number of nitrogens with zero attached hydrogens (tertiary/aromatic N) is 4. The molecule has 28 heavy (non-hydrogen) atoms. The number of hydrogen-bond acceptors (Lipinski definition) is 5. The monoisotopic (exact) mass is 410 g/mol. The summed E-state index contributed by atoms with van der Waals surface area (Å²) in [6.07, 6.45) is 1.92. The first-order valence-electron chi connectivity index (χ1n) is 9.02. The smallest absolute Gasteiger partial charge is 0.247 e. The Morgan fingerprint density at radius 3 is 2.61 bits per heavy atom. The van der Waals surface area contributed by atoms with Gasteiger partial charge in [0, 0.05) is 17.1 Å². The summed E-state index contributed by atoms with van der Waals surface area (Å²) < 4.78 is 8.08. The fourth-order valence-corrected chi connectivity index (χ4v) is 4.11. The number of thioether (sulfide) groups is 1. The van der Waals surface area contributed by atoms with Crippen LogP contribution in [0.4, 0.5) is 0 Å². The van der Waals surface area contributed by atoms with Gasteiger partial charge in [0.2, 0.25) is 11.8 Å². The van der Waals surface area contributed by atoms with Crippen LogP contribution in [0.3, 0.4) is 0 Å². The molecule has 0 saturated heterocycles. The number of halogens is 1. The Balaban J connectivity index is 1.56. The fraction of sp³-hybridized carbons (Fsp3) is 0.190. The first-order chi connectivity index (χ1) is 13.7. The zero-order valence-electron chi connectivity index (χ0n) is 15.5. The average molecular weight is 411 g/mol. The lowest BCUT2D eigenvalue weighted by molar-refractivity contribution is 0.508. The third kappa shape index (κ3) is 3.84. The molecule has 0 N–H and O–H groups in total. The quantitative estimate of drug-likeness (QED) is 0.358. The van der Waals surface area contributed by atoms with E-state index in [4.69, 9.17) is 16.0 Å². The van der Waals surface area contributed by atoms with E-state index < -0.39 is 0 Å². The predicted molar refractivity (Wildman–Crippen MR) is 112 cm³/mol. The van der Waals surface area contributed by atoms with Crippen molar-refractivity contribution in [2.75, 3.05) is 0 Å². The number of benzene rings is 2. The second kappa shape index (κ2) is 8.20. The molecule has 4 aromatic rings. The summed E-state index contributed by atoms with van der Waals surface area (Å²) in [7, 11) is 0. The zero-order chi connectivity index (χ0) is 19.5. The lowest BCUT2D eigenvalue weighted by Crippen LogP contribution is -2.00. The summed E-state index contributed by atoms with van der Waals surface area (Å²) in [5.74, 6) is 1.03. The van der Waals surface area contributed by atoms with Gasteiger partial charge in [-0.15, -0.1) is 10.2 Å². The highest BCUT2D eigenvalue weighted by Gasteiger charge is 2.20. The lowest BCUT2D eigenvalue weighted by atomic mass is 10.2. The third-order valence-corrected chi connectivity index (χ3v) is 5.67. The first kappa shape index (κ1) is 18.8. The largest absolute Gasteiger partial charge is 0.419 e. The zero-order valence-corrected chi connectivity index (χ0v) is 17.1. The number of aromatic nitrogens is 4. The molecule has 0 aliphatic rings. The van der Waals surface area contributed by atoms with Gasteiger partial charge in [-0.2, -0.15) is 0 Å². The van der Waals surface area contributed by atoms with E-state index in [1.807, 2.05) is 55.6 Å². The SMILES string of the molecule is CCn1c(-c2ccccc2)cnc1S[C@@H](C)c1nnc(-c2cccc(Cl)c2)o1. The molecule has 2 aromatic carbocycles. The van der Waals surface area contributed by atoms with Crippen molar-refractivity contribution in [3.63, 3.8) is 0 Å². The normalized spacial score (nSPS) is 12.2. The molecule has 7 heteroatoms. The average Bonchev–Trinajstić information content (AvgIpc) is 3.36. The van der Waals surface area contributed by atoms with Gasteiger partial charge in [-0.25, -0.2) is 4.98 Å². The maximum absolute atomic E-state index is 6.05. The summed E-state index contributed by atoms with van der Waals surface area (Å²) in [4.78, 5) is 4.62. The molecule has 4 rings (SSSR count). The Morgan fingerprint density at radius 2 is 1.86 bits per heavy atom. The minimum absolute atomic E-state index is 0.0308. The molecule has 0 saturated carbocycles. The van der Waals surface area contributed by atoms with Crippen molar-refractivity contribution in [2.45, 2.75) is 30.8 Å². The fourth-order valence-electron chi connectivity index (χ4n) is 2.94. The topological polar surface area (TPSA) is 56.7 Å². The highest BCUT2D eigenvalue weighted by molar-refractivity contribution is 7.99. The van der Waals surface area contributed by atoms with Gasteiger partial charge in [-0.1, -0.05) is 59.8 Å². The van der Waals surface area contributed by atoms with Crippen LogP contribution in [0.2, 0.25) is 5.02 Å². The molecule has 0 amide bonds. The molecule has 0 fully saturated rings. The summed E-state index contributed by atoms with van der Waals surface area (Å²) >= 11 is 7.66. The number of hydrogen-bond donors (Lipinski definition) is 0. The molecule has 0 spiro atoms. The lowest BCUT2D eigenvalue weighted by Gasteiger charge is -2.11. The molecule has 2 heterocycles. The molecule has 0 radical (unpaired) electrons. The van der Waals surface area contributed by atoms with Crippen molar-refractivity contribution in [3.8, 4) is 22.7 Å². The Kier molecular flexibility index (Phi) is 5.50. The van der Waals surface area contributed by atoms with Gasteiger partial charge in [-0.05, 0) is 37.6 Å². The van der Waals surface area contributed by atoms with Crippen LogP contribution in [0.25, 0.3) is 22.7 Å². The molecule has 0 aliphatic carbocycles. The highest BCUT2D eigenvalue weighted by Crippen LogP contribution is 2.36. The maximum atomic E-state index is 6.05. The minimum atomic E-state index is -0.0308. The Morgan fingerprint density at radius 1 is 1.07 bits per heavy atom. The van der Waals surface area contributed by atoms with E-state index in [1.165, 1.54) is 0 Å². The third-order valence-electron chi connectivity index (χ3n) is 4.35. The van der Waals surface area contributed by atoms with E-state index >= 15 is 0 Å². The molecule has 2 aromatic heterocycles.